The third kappa shape index (κ3) is 3.77. The van der Waals surface area contributed by atoms with Crippen molar-refractivity contribution in [2.45, 2.75) is 13.0 Å². The Labute approximate surface area is 127 Å². The number of nitrogens with one attached hydrogen (secondary N) is 1. The van der Waals surface area contributed by atoms with E-state index >= 15 is 0 Å². The smallest absolute Gasteiger partial charge is 0.292 e. The Morgan fingerprint density at radius 2 is 2.10 bits per heavy atom. The van der Waals surface area contributed by atoms with Crippen LogP contribution in [0.25, 0.3) is 0 Å². The largest absolute Gasteiger partial charge is 0.508 e. The molecule has 0 unspecified atom stereocenters. The molecule has 1 aromatic carbocycles. The number of halogens is 1. The molecule has 0 aliphatic rings. The van der Waals surface area contributed by atoms with Crippen molar-refractivity contribution in [1.29, 1.82) is 0 Å². The third-order valence-corrected chi connectivity index (χ3v) is 3.18. The standard InChI is InChI=1S/C15H14ClN3O2/c1-2-9-19-15(21)14(13(16)10-18-19)17-8-7-11-3-5-12(20)6-4-11/h1,3-6,10,17,20H,7-9H2. The number of terminal acetylenes is 1. The van der Waals surface area contributed by atoms with Crippen LogP contribution >= 0.6 is 11.6 Å². The summed E-state index contributed by atoms with van der Waals surface area (Å²) >= 11 is 5.98. The summed E-state index contributed by atoms with van der Waals surface area (Å²) < 4.78 is 1.18. The number of benzene rings is 1. The number of rotatable bonds is 5. The highest BCUT2D eigenvalue weighted by Gasteiger charge is 2.08. The summed E-state index contributed by atoms with van der Waals surface area (Å²) in [5.74, 6) is 2.59. The summed E-state index contributed by atoms with van der Waals surface area (Å²) in [6.45, 7) is 0.627. The van der Waals surface area contributed by atoms with E-state index < -0.39 is 0 Å². The Morgan fingerprint density at radius 3 is 2.76 bits per heavy atom. The molecule has 2 N–H and O–H groups in total. The quantitative estimate of drug-likeness (QED) is 0.828. The van der Waals surface area contributed by atoms with Gasteiger partial charge in [-0.3, -0.25) is 4.79 Å². The molecule has 0 saturated carbocycles. The molecule has 5 nitrogen and oxygen atoms in total. The molecule has 0 aliphatic carbocycles. The van der Waals surface area contributed by atoms with Crippen LogP contribution in [0.2, 0.25) is 5.02 Å². The lowest BCUT2D eigenvalue weighted by Crippen LogP contribution is -2.26. The van der Waals surface area contributed by atoms with Gasteiger partial charge in [-0.1, -0.05) is 29.7 Å². The zero-order chi connectivity index (χ0) is 15.2. The summed E-state index contributed by atoms with van der Waals surface area (Å²) in [7, 11) is 0. The number of phenolic OH excluding ortho intramolecular Hbond substituents is 1. The Bertz CT molecular complexity index is 717. The van der Waals surface area contributed by atoms with E-state index in [0.29, 0.717) is 18.7 Å². The molecule has 6 heteroatoms. The van der Waals surface area contributed by atoms with Gasteiger partial charge in [-0.15, -0.1) is 6.42 Å². The molecule has 0 aliphatic heterocycles. The molecule has 0 bridgehead atoms. The second kappa shape index (κ2) is 6.82. The number of aromatic hydroxyl groups is 1. The number of hydrogen-bond acceptors (Lipinski definition) is 4. The monoisotopic (exact) mass is 303 g/mol. The Hall–Kier alpha value is -2.45. The average molecular weight is 304 g/mol. The van der Waals surface area contributed by atoms with Crippen molar-refractivity contribution >= 4 is 17.3 Å². The SMILES string of the molecule is C#CCn1ncc(Cl)c(NCCc2ccc(O)cc2)c1=O. The Kier molecular flexibility index (Phi) is 4.85. The van der Waals surface area contributed by atoms with E-state index in [0.717, 1.165) is 5.56 Å². The lowest BCUT2D eigenvalue weighted by molar-refractivity contribution is 0.475. The first kappa shape index (κ1) is 14.9. The van der Waals surface area contributed by atoms with Crippen molar-refractivity contribution < 1.29 is 5.11 Å². The van der Waals surface area contributed by atoms with E-state index in [4.69, 9.17) is 18.0 Å². The van der Waals surface area contributed by atoms with Gasteiger partial charge in [0.2, 0.25) is 0 Å². The normalized spacial score (nSPS) is 10.1. The summed E-state index contributed by atoms with van der Waals surface area (Å²) in [4.78, 5) is 12.1. The lowest BCUT2D eigenvalue weighted by Gasteiger charge is -2.09. The second-order valence-electron chi connectivity index (χ2n) is 4.38. The molecule has 0 amide bonds. The average Bonchev–Trinajstić information content (AvgIpc) is 2.48. The van der Waals surface area contributed by atoms with Crippen LogP contribution < -0.4 is 10.9 Å². The van der Waals surface area contributed by atoms with Gasteiger partial charge < -0.3 is 10.4 Å². The van der Waals surface area contributed by atoms with Crippen LogP contribution in [-0.2, 0) is 13.0 Å². The highest BCUT2D eigenvalue weighted by Crippen LogP contribution is 2.15. The molecule has 0 spiro atoms. The van der Waals surface area contributed by atoms with Gasteiger partial charge in [0.1, 0.15) is 18.0 Å². The van der Waals surface area contributed by atoms with Crippen molar-refractivity contribution in [1.82, 2.24) is 9.78 Å². The van der Waals surface area contributed by atoms with E-state index in [9.17, 15) is 9.90 Å². The van der Waals surface area contributed by atoms with Crippen LogP contribution in [0.3, 0.4) is 0 Å². The van der Waals surface area contributed by atoms with E-state index in [-0.39, 0.29) is 22.9 Å². The first-order valence-corrected chi connectivity index (χ1v) is 6.70. The van der Waals surface area contributed by atoms with Gasteiger partial charge in [0.05, 0.1) is 11.2 Å². The van der Waals surface area contributed by atoms with Crippen molar-refractivity contribution in [3.8, 4) is 18.1 Å². The number of hydrogen-bond donors (Lipinski definition) is 2. The van der Waals surface area contributed by atoms with Crippen LogP contribution in [-0.4, -0.2) is 21.4 Å². The van der Waals surface area contributed by atoms with Crippen molar-refractivity contribution in [3.05, 3.63) is 51.4 Å². The molecule has 0 atom stereocenters. The fraction of sp³-hybridized carbons (Fsp3) is 0.200. The first-order valence-electron chi connectivity index (χ1n) is 6.32. The van der Waals surface area contributed by atoms with Crippen molar-refractivity contribution in [2.24, 2.45) is 0 Å². The van der Waals surface area contributed by atoms with Crippen LogP contribution in [0.1, 0.15) is 5.56 Å². The Balaban J connectivity index is 2.06. The highest BCUT2D eigenvalue weighted by molar-refractivity contribution is 6.32. The topological polar surface area (TPSA) is 67.2 Å². The van der Waals surface area contributed by atoms with Crippen molar-refractivity contribution in [3.63, 3.8) is 0 Å². The molecule has 2 aromatic rings. The van der Waals surface area contributed by atoms with Gasteiger partial charge >= 0.3 is 0 Å². The summed E-state index contributed by atoms with van der Waals surface area (Å²) in [5.41, 5.74) is 0.987. The molecule has 0 radical (unpaired) electrons. The number of nitrogens with zero attached hydrogens (tertiary/aromatic N) is 2. The summed E-state index contributed by atoms with van der Waals surface area (Å²) in [6.07, 6.45) is 7.26. The van der Waals surface area contributed by atoms with E-state index in [1.54, 1.807) is 12.1 Å². The fourth-order valence-corrected chi connectivity index (χ4v) is 2.01. The van der Waals surface area contributed by atoms with Crippen LogP contribution in [0.4, 0.5) is 5.69 Å². The van der Waals surface area contributed by atoms with E-state index in [1.807, 2.05) is 12.1 Å². The van der Waals surface area contributed by atoms with Crippen LogP contribution in [0, 0.1) is 12.3 Å². The molecule has 1 heterocycles. The van der Waals surface area contributed by atoms with Gasteiger partial charge in [0.15, 0.2) is 0 Å². The van der Waals surface area contributed by atoms with E-state index in [1.165, 1.54) is 10.9 Å². The molecule has 1 aromatic heterocycles. The third-order valence-electron chi connectivity index (χ3n) is 2.89. The zero-order valence-corrected chi connectivity index (χ0v) is 12.0. The van der Waals surface area contributed by atoms with Crippen LogP contribution in [0.15, 0.2) is 35.3 Å². The Morgan fingerprint density at radius 1 is 1.38 bits per heavy atom. The fourth-order valence-electron chi connectivity index (χ4n) is 1.82. The van der Waals surface area contributed by atoms with Gasteiger partial charge in [0.25, 0.3) is 5.56 Å². The highest BCUT2D eigenvalue weighted by atomic mass is 35.5. The summed E-state index contributed by atoms with van der Waals surface area (Å²) in [5, 5.41) is 16.3. The lowest BCUT2D eigenvalue weighted by atomic mass is 10.1. The maximum Gasteiger partial charge on any atom is 0.292 e. The molecule has 21 heavy (non-hydrogen) atoms. The maximum absolute atomic E-state index is 12.1. The number of aromatic nitrogens is 2. The molecule has 0 saturated heterocycles. The zero-order valence-electron chi connectivity index (χ0n) is 11.2. The number of anilines is 1. The minimum absolute atomic E-state index is 0.0998. The molecular weight excluding hydrogens is 290 g/mol. The first-order chi connectivity index (χ1) is 10.1. The van der Waals surface area contributed by atoms with Crippen molar-refractivity contribution in [2.75, 3.05) is 11.9 Å². The number of phenols is 1. The predicted octanol–water partition coefficient (Wildman–Crippen LogP) is 1.89. The molecule has 0 fully saturated rings. The molecular formula is C15H14ClN3O2. The molecule has 2 rings (SSSR count). The van der Waals surface area contributed by atoms with Gasteiger partial charge in [-0.25, -0.2) is 4.68 Å². The second-order valence-corrected chi connectivity index (χ2v) is 4.78. The maximum atomic E-state index is 12.1. The van der Waals surface area contributed by atoms with Gasteiger partial charge in [0, 0.05) is 6.54 Å². The summed E-state index contributed by atoms with van der Waals surface area (Å²) in [6, 6.07) is 6.88. The van der Waals surface area contributed by atoms with Gasteiger partial charge in [-0.05, 0) is 24.1 Å². The van der Waals surface area contributed by atoms with Crippen LogP contribution in [0.5, 0.6) is 5.75 Å². The predicted molar refractivity (Wildman–Crippen MR) is 82.6 cm³/mol. The minimum Gasteiger partial charge on any atom is -0.508 e. The van der Waals surface area contributed by atoms with E-state index in [2.05, 4.69) is 16.3 Å². The van der Waals surface area contributed by atoms with Gasteiger partial charge in [-0.2, -0.15) is 5.10 Å². The minimum atomic E-state index is -0.342. The molecule has 108 valence electrons.